The lowest BCUT2D eigenvalue weighted by Crippen LogP contribution is -2.52. The van der Waals surface area contributed by atoms with E-state index in [-0.39, 0.29) is 24.0 Å². The molecular weight excluding hydrogens is 689 g/mol. The number of anilines is 2. The number of piperidine rings is 2. The Labute approximate surface area is 323 Å². The lowest BCUT2D eigenvalue weighted by molar-refractivity contribution is -0.136. The Bertz CT molecular complexity index is 2050. The molecule has 0 bridgehead atoms. The largest absolute Gasteiger partial charge is 0.508 e. The number of nitrogens with zero attached hydrogens (tertiary/aromatic N) is 5. The van der Waals surface area contributed by atoms with Crippen molar-refractivity contribution in [3.05, 3.63) is 119 Å². The van der Waals surface area contributed by atoms with Crippen molar-refractivity contribution >= 4 is 40.4 Å². The van der Waals surface area contributed by atoms with Crippen molar-refractivity contribution in [2.75, 3.05) is 55.6 Å². The van der Waals surface area contributed by atoms with E-state index in [2.05, 4.69) is 86.5 Å². The molecule has 10 heteroatoms. The number of fused-ring (bicyclic) bond motifs is 1. The SMILES string of the molecule is CCC(=C(c1ccc(O)cc1)c1ccc(N2CCC(CCN3CCN(c4cc5c(cn4)C(=O)N(C4CCC(=O)NC4=O)C5)CC3)CC2)cc1)c1ccccc1. The molecule has 0 radical (unpaired) electrons. The summed E-state index contributed by atoms with van der Waals surface area (Å²) in [6, 6.07) is 28.6. The van der Waals surface area contributed by atoms with Crippen LogP contribution in [0.15, 0.2) is 91.1 Å². The van der Waals surface area contributed by atoms with Gasteiger partial charge < -0.3 is 19.8 Å². The van der Waals surface area contributed by atoms with Gasteiger partial charge in [-0.2, -0.15) is 0 Å². The number of amides is 3. The summed E-state index contributed by atoms with van der Waals surface area (Å²) in [5.41, 5.74) is 8.73. The smallest absolute Gasteiger partial charge is 0.256 e. The highest BCUT2D eigenvalue weighted by Crippen LogP contribution is 2.36. The summed E-state index contributed by atoms with van der Waals surface area (Å²) in [5, 5.41) is 12.4. The molecule has 284 valence electrons. The molecule has 1 aromatic heterocycles. The summed E-state index contributed by atoms with van der Waals surface area (Å²) < 4.78 is 0. The van der Waals surface area contributed by atoms with Gasteiger partial charge >= 0.3 is 0 Å². The number of hydrogen-bond acceptors (Lipinski definition) is 8. The number of aromatic nitrogens is 1. The van der Waals surface area contributed by atoms with E-state index in [0.717, 1.165) is 75.1 Å². The fourth-order valence-corrected chi connectivity index (χ4v) is 8.81. The molecule has 55 heavy (non-hydrogen) atoms. The Morgan fingerprint density at radius 1 is 0.800 bits per heavy atom. The summed E-state index contributed by atoms with van der Waals surface area (Å²) in [5.74, 6) is 1.02. The molecule has 1 atom stereocenters. The number of carbonyl (C=O) groups is 3. The topological polar surface area (TPSA) is 109 Å². The van der Waals surface area contributed by atoms with Crippen LogP contribution in [-0.4, -0.2) is 89.5 Å². The molecule has 1 unspecified atom stereocenters. The molecule has 10 nitrogen and oxygen atoms in total. The van der Waals surface area contributed by atoms with Crippen molar-refractivity contribution in [1.82, 2.24) is 20.1 Å². The van der Waals surface area contributed by atoms with E-state index in [1.807, 2.05) is 18.2 Å². The zero-order valence-corrected chi connectivity index (χ0v) is 31.6. The third-order valence-electron chi connectivity index (χ3n) is 12.0. The van der Waals surface area contributed by atoms with Gasteiger partial charge in [0.2, 0.25) is 11.8 Å². The van der Waals surface area contributed by atoms with Crippen molar-refractivity contribution in [3.8, 4) is 5.75 Å². The van der Waals surface area contributed by atoms with Gasteiger partial charge in [0.15, 0.2) is 0 Å². The lowest BCUT2D eigenvalue weighted by Gasteiger charge is -2.37. The normalized spacial score (nSPS) is 20.1. The Balaban J connectivity index is 0.824. The number of rotatable bonds is 10. The van der Waals surface area contributed by atoms with E-state index < -0.39 is 11.9 Å². The summed E-state index contributed by atoms with van der Waals surface area (Å²) in [6.07, 6.45) is 6.77. The van der Waals surface area contributed by atoms with Crippen LogP contribution in [0.5, 0.6) is 5.75 Å². The average Bonchev–Trinajstić information content (AvgIpc) is 3.55. The number of pyridine rings is 1. The number of aromatic hydroxyl groups is 1. The Kier molecular flexibility index (Phi) is 10.7. The number of piperazine rings is 1. The molecule has 8 rings (SSSR count). The third-order valence-corrected chi connectivity index (χ3v) is 12.0. The highest BCUT2D eigenvalue weighted by atomic mass is 16.3. The van der Waals surface area contributed by atoms with Gasteiger partial charge in [0.05, 0.1) is 5.56 Å². The highest BCUT2D eigenvalue weighted by molar-refractivity contribution is 6.05. The second-order valence-corrected chi connectivity index (χ2v) is 15.3. The number of phenolic OH excluding ortho intramolecular Hbond substituents is 1. The first-order valence-electron chi connectivity index (χ1n) is 19.9. The van der Waals surface area contributed by atoms with E-state index in [1.165, 1.54) is 47.2 Å². The van der Waals surface area contributed by atoms with Crippen LogP contribution in [0.3, 0.4) is 0 Å². The molecule has 0 saturated carbocycles. The van der Waals surface area contributed by atoms with Crippen molar-refractivity contribution in [2.24, 2.45) is 5.92 Å². The van der Waals surface area contributed by atoms with Crippen LogP contribution in [0.25, 0.3) is 11.1 Å². The molecular formula is C45H50N6O4. The molecule has 3 amide bonds. The Morgan fingerprint density at radius 2 is 1.49 bits per heavy atom. The molecule has 5 heterocycles. The first-order valence-corrected chi connectivity index (χ1v) is 19.9. The van der Waals surface area contributed by atoms with Crippen molar-refractivity contribution in [2.45, 2.75) is 58.0 Å². The van der Waals surface area contributed by atoms with Crippen molar-refractivity contribution < 1.29 is 19.5 Å². The van der Waals surface area contributed by atoms with Crippen LogP contribution in [0, 0.1) is 5.92 Å². The van der Waals surface area contributed by atoms with Gasteiger partial charge in [-0.25, -0.2) is 4.98 Å². The van der Waals surface area contributed by atoms with Gasteiger partial charge in [-0.05, 0) is 108 Å². The van der Waals surface area contributed by atoms with Crippen molar-refractivity contribution in [1.29, 1.82) is 0 Å². The highest BCUT2D eigenvalue weighted by Gasteiger charge is 2.39. The number of hydrogen-bond donors (Lipinski definition) is 2. The van der Waals surface area contributed by atoms with Crippen LogP contribution in [0.2, 0.25) is 0 Å². The van der Waals surface area contributed by atoms with E-state index >= 15 is 0 Å². The maximum atomic E-state index is 13.1. The van der Waals surface area contributed by atoms with Crippen LogP contribution in [0.4, 0.5) is 11.5 Å². The predicted octanol–water partition coefficient (Wildman–Crippen LogP) is 6.35. The van der Waals surface area contributed by atoms with E-state index in [1.54, 1.807) is 23.2 Å². The van der Waals surface area contributed by atoms with Crippen LogP contribution < -0.4 is 15.1 Å². The summed E-state index contributed by atoms with van der Waals surface area (Å²) in [6.45, 7) is 9.56. The average molecular weight is 739 g/mol. The molecule has 3 aromatic carbocycles. The summed E-state index contributed by atoms with van der Waals surface area (Å²) in [4.78, 5) is 50.8. The quantitative estimate of drug-likeness (QED) is 0.143. The summed E-state index contributed by atoms with van der Waals surface area (Å²) in [7, 11) is 0. The van der Waals surface area contributed by atoms with Gasteiger partial charge in [-0.3, -0.25) is 24.6 Å². The number of nitrogens with one attached hydrogen (secondary N) is 1. The van der Waals surface area contributed by atoms with Crippen LogP contribution in [0.1, 0.15) is 78.1 Å². The second kappa shape index (κ2) is 16.1. The molecule has 3 saturated heterocycles. The fraction of sp³-hybridized carbons (Fsp3) is 0.378. The van der Waals surface area contributed by atoms with Gasteiger partial charge in [-0.1, -0.05) is 61.5 Å². The number of imide groups is 1. The van der Waals surface area contributed by atoms with E-state index in [4.69, 9.17) is 0 Å². The van der Waals surface area contributed by atoms with Crippen LogP contribution >= 0.6 is 0 Å². The molecule has 4 aliphatic heterocycles. The predicted molar refractivity (Wildman–Crippen MR) is 216 cm³/mol. The van der Waals surface area contributed by atoms with Gasteiger partial charge in [0.25, 0.3) is 5.91 Å². The molecule has 4 aliphatic rings. The molecule has 0 aliphatic carbocycles. The minimum Gasteiger partial charge on any atom is -0.508 e. The maximum Gasteiger partial charge on any atom is 0.256 e. The minimum atomic E-state index is -0.614. The number of phenols is 1. The fourth-order valence-electron chi connectivity index (χ4n) is 8.81. The number of carbonyl (C=O) groups excluding carboxylic acids is 3. The summed E-state index contributed by atoms with van der Waals surface area (Å²) >= 11 is 0. The first-order chi connectivity index (χ1) is 26.8. The Morgan fingerprint density at radius 3 is 2.16 bits per heavy atom. The van der Waals surface area contributed by atoms with E-state index in [9.17, 15) is 19.5 Å². The standard InChI is InChI=1S/C45H50N6O4/c1-2-38(32-6-4-3-5-7-32)43(34-10-14-37(52)15-11-34)33-8-12-36(13-9-33)49-22-19-31(20-23-49)18-21-48-24-26-50(27-25-48)41-28-35-30-51(45(55)39(35)29-46-41)40-16-17-42(53)47-44(40)54/h3-15,28-29,31,40,52H,2,16-27,30H2,1H3,(H,47,53,54). The molecule has 3 fully saturated rings. The second-order valence-electron chi connectivity index (χ2n) is 15.3. The van der Waals surface area contributed by atoms with Crippen molar-refractivity contribution in [3.63, 3.8) is 0 Å². The lowest BCUT2D eigenvalue weighted by atomic mass is 9.88. The number of allylic oxidation sites excluding steroid dienone is 1. The minimum absolute atomic E-state index is 0.185. The zero-order valence-electron chi connectivity index (χ0n) is 31.6. The zero-order chi connectivity index (χ0) is 37.9. The number of benzene rings is 3. The molecule has 0 spiro atoms. The van der Waals surface area contributed by atoms with Gasteiger partial charge in [0.1, 0.15) is 17.6 Å². The van der Waals surface area contributed by atoms with Gasteiger partial charge in [-0.15, -0.1) is 0 Å². The Hall–Kier alpha value is -5.48. The molecule has 4 aromatic rings. The van der Waals surface area contributed by atoms with E-state index in [0.29, 0.717) is 18.5 Å². The van der Waals surface area contributed by atoms with Gasteiger partial charge in [0, 0.05) is 64.1 Å². The first kappa shape index (κ1) is 36.5. The maximum absolute atomic E-state index is 13.1. The molecule has 2 N–H and O–H groups in total. The third kappa shape index (κ3) is 7.87. The monoisotopic (exact) mass is 738 g/mol. The van der Waals surface area contributed by atoms with Crippen LogP contribution in [-0.2, 0) is 16.1 Å².